The van der Waals surface area contributed by atoms with Crippen molar-refractivity contribution in [3.8, 4) is 38.8 Å². The lowest BCUT2D eigenvalue weighted by molar-refractivity contribution is 0.812. The molecule has 44 heavy (non-hydrogen) atoms. The van der Waals surface area contributed by atoms with Crippen LogP contribution in [0.4, 0.5) is 0 Å². The van der Waals surface area contributed by atoms with E-state index in [1.165, 1.54) is 49.3 Å². The van der Waals surface area contributed by atoms with Gasteiger partial charge in [-0.15, -0.1) is 11.3 Å². The van der Waals surface area contributed by atoms with E-state index in [0.29, 0.717) is 11.8 Å². The molecule has 0 spiro atoms. The molecular formula is C40H37N3S. The fourth-order valence-corrected chi connectivity index (χ4v) is 7.68. The van der Waals surface area contributed by atoms with E-state index in [4.69, 9.17) is 9.97 Å². The maximum Gasteiger partial charge on any atom is 0.147 e. The standard InChI is InChI=1S/C40H37N3S/c1-24(2)31-22-29(28-16-8-7-9-17-28)23-32(25(3)4)37(31)43-35-21-11-10-19-33(35)41-39(43)30-18-13-20-34-38(30)44-40(42-34)36-26(5)14-12-15-27(36)6/h7-25H,1-6H3. The zero-order valence-corrected chi connectivity index (χ0v) is 27.0. The van der Waals surface area contributed by atoms with Gasteiger partial charge in [0, 0.05) is 11.1 Å². The summed E-state index contributed by atoms with van der Waals surface area (Å²) >= 11 is 1.77. The fourth-order valence-electron chi connectivity index (χ4n) is 6.43. The van der Waals surface area contributed by atoms with Gasteiger partial charge >= 0.3 is 0 Å². The molecule has 0 unspecified atom stereocenters. The van der Waals surface area contributed by atoms with Crippen molar-refractivity contribution in [1.29, 1.82) is 0 Å². The van der Waals surface area contributed by atoms with Crippen LogP contribution in [0.15, 0.2) is 103 Å². The number of aryl methyl sites for hydroxylation is 2. The summed E-state index contributed by atoms with van der Waals surface area (Å²) in [6.07, 6.45) is 0. The van der Waals surface area contributed by atoms with Gasteiger partial charge in [0.25, 0.3) is 0 Å². The molecule has 0 radical (unpaired) electrons. The molecule has 0 aliphatic carbocycles. The summed E-state index contributed by atoms with van der Waals surface area (Å²) in [5.41, 5.74) is 14.4. The summed E-state index contributed by atoms with van der Waals surface area (Å²) in [4.78, 5) is 10.5. The molecule has 0 aliphatic rings. The molecule has 0 fully saturated rings. The average molecular weight is 592 g/mol. The Morgan fingerprint density at radius 3 is 1.91 bits per heavy atom. The largest absolute Gasteiger partial charge is 0.292 e. The van der Waals surface area contributed by atoms with Gasteiger partial charge in [0.15, 0.2) is 0 Å². The SMILES string of the molecule is Cc1cccc(C)c1-c1nc2cccc(-c3nc4ccccc4n3-c3c(C(C)C)cc(-c4ccccc4)cc3C(C)C)c2s1. The van der Waals surface area contributed by atoms with Crippen LogP contribution < -0.4 is 0 Å². The highest BCUT2D eigenvalue weighted by molar-refractivity contribution is 7.22. The Hall–Kier alpha value is -4.54. The lowest BCUT2D eigenvalue weighted by atomic mass is 9.88. The molecule has 5 aromatic carbocycles. The second-order valence-corrected chi connectivity index (χ2v) is 13.4. The minimum atomic E-state index is 0.315. The number of thiazole rings is 1. The zero-order chi connectivity index (χ0) is 30.5. The quantitative estimate of drug-likeness (QED) is 0.193. The minimum Gasteiger partial charge on any atom is -0.292 e. The highest BCUT2D eigenvalue weighted by Gasteiger charge is 2.25. The first-order valence-corrected chi connectivity index (χ1v) is 16.3. The van der Waals surface area contributed by atoms with E-state index in [-0.39, 0.29) is 0 Å². The summed E-state index contributed by atoms with van der Waals surface area (Å²) in [5, 5.41) is 1.06. The van der Waals surface area contributed by atoms with Gasteiger partial charge in [-0.25, -0.2) is 9.97 Å². The number of hydrogen-bond acceptors (Lipinski definition) is 3. The Bertz CT molecular complexity index is 2100. The van der Waals surface area contributed by atoms with Crippen LogP contribution in [0.5, 0.6) is 0 Å². The van der Waals surface area contributed by atoms with Crippen molar-refractivity contribution in [2.75, 3.05) is 0 Å². The number of benzene rings is 5. The first kappa shape index (κ1) is 28.2. The Labute approximate surface area is 263 Å². The van der Waals surface area contributed by atoms with Gasteiger partial charge in [-0.05, 0) is 95.5 Å². The van der Waals surface area contributed by atoms with E-state index in [9.17, 15) is 0 Å². The van der Waals surface area contributed by atoms with Crippen molar-refractivity contribution in [2.24, 2.45) is 0 Å². The maximum atomic E-state index is 5.35. The van der Waals surface area contributed by atoms with Crippen LogP contribution in [0, 0.1) is 13.8 Å². The van der Waals surface area contributed by atoms with Gasteiger partial charge in [-0.1, -0.05) is 94.4 Å². The number of aromatic nitrogens is 3. The van der Waals surface area contributed by atoms with Gasteiger partial charge in [0.1, 0.15) is 10.8 Å². The van der Waals surface area contributed by atoms with Crippen LogP contribution in [-0.4, -0.2) is 14.5 Å². The number of hydrogen-bond donors (Lipinski definition) is 0. The van der Waals surface area contributed by atoms with Crippen molar-refractivity contribution in [1.82, 2.24) is 14.5 Å². The minimum absolute atomic E-state index is 0.315. The molecular weight excluding hydrogens is 555 g/mol. The normalized spacial score (nSPS) is 11.8. The predicted octanol–water partition coefficient (Wildman–Crippen LogP) is 11.5. The second-order valence-electron chi connectivity index (χ2n) is 12.4. The van der Waals surface area contributed by atoms with Gasteiger partial charge < -0.3 is 0 Å². The van der Waals surface area contributed by atoms with Crippen LogP contribution in [0.1, 0.15) is 61.8 Å². The molecule has 0 saturated heterocycles. The van der Waals surface area contributed by atoms with E-state index in [1.807, 2.05) is 0 Å². The Balaban J connectivity index is 1.54. The molecule has 3 nitrogen and oxygen atoms in total. The van der Waals surface area contributed by atoms with Crippen molar-refractivity contribution in [3.05, 3.63) is 125 Å². The van der Waals surface area contributed by atoms with Crippen LogP contribution >= 0.6 is 11.3 Å². The first-order valence-electron chi connectivity index (χ1n) is 15.5. The molecule has 2 heterocycles. The fraction of sp³-hybridized carbons (Fsp3) is 0.200. The number of nitrogens with zero attached hydrogens (tertiary/aromatic N) is 3. The molecule has 4 heteroatoms. The van der Waals surface area contributed by atoms with Crippen molar-refractivity contribution >= 4 is 32.6 Å². The van der Waals surface area contributed by atoms with Crippen LogP contribution in [0.25, 0.3) is 60.0 Å². The van der Waals surface area contributed by atoms with E-state index < -0.39 is 0 Å². The summed E-state index contributed by atoms with van der Waals surface area (Å²) < 4.78 is 3.60. The van der Waals surface area contributed by atoms with Gasteiger partial charge in [0.05, 0.1) is 26.9 Å². The Kier molecular flexibility index (Phi) is 7.18. The lowest BCUT2D eigenvalue weighted by Gasteiger charge is -2.24. The molecule has 0 N–H and O–H groups in total. The molecule has 2 aromatic heterocycles. The van der Waals surface area contributed by atoms with Crippen molar-refractivity contribution in [2.45, 2.75) is 53.4 Å². The molecule has 218 valence electrons. The summed E-state index contributed by atoms with van der Waals surface area (Å²) in [5.74, 6) is 1.59. The highest BCUT2D eigenvalue weighted by atomic mass is 32.1. The monoisotopic (exact) mass is 591 g/mol. The third kappa shape index (κ3) is 4.74. The lowest BCUT2D eigenvalue weighted by Crippen LogP contribution is -2.09. The van der Waals surface area contributed by atoms with E-state index in [1.54, 1.807) is 11.3 Å². The number of imidazole rings is 1. The third-order valence-corrected chi connectivity index (χ3v) is 9.78. The predicted molar refractivity (Wildman–Crippen MR) is 188 cm³/mol. The van der Waals surface area contributed by atoms with E-state index >= 15 is 0 Å². The molecule has 0 saturated carbocycles. The smallest absolute Gasteiger partial charge is 0.147 e. The van der Waals surface area contributed by atoms with E-state index in [0.717, 1.165) is 32.9 Å². The van der Waals surface area contributed by atoms with Crippen molar-refractivity contribution < 1.29 is 0 Å². The van der Waals surface area contributed by atoms with Gasteiger partial charge in [-0.3, -0.25) is 4.57 Å². The van der Waals surface area contributed by atoms with Gasteiger partial charge in [0.2, 0.25) is 0 Å². The number of rotatable bonds is 6. The molecule has 0 amide bonds. The molecule has 7 aromatic rings. The second kappa shape index (κ2) is 11.2. The zero-order valence-electron chi connectivity index (χ0n) is 26.2. The summed E-state index contributed by atoms with van der Waals surface area (Å²) in [6.45, 7) is 13.6. The Morgan fingerprint density at radius 1 is 0.614 bits per heavy atom. The highest BCUT2D eigenvalue weighted by Crippen LogP contribution is 2.43. The first-order chi connectivity index (χ1) is 21.3. The number of fused-ring (bicyclic) bond motifs is 2. The average Bonchev–Trinajstić information content (AvgIpc) is 3.62. The van der Waals surface area contributed by atoms with Crippen molar-refractivity contribution in [3.63, 3.8) is 0 Å². The van der Waals surface area contributed by atoms with Crippen LogP contribution in [-0.2, 0) is 0 Å². The van der Waals surface area contributed by atoms with E-state index in [2.05, 4.69) is 149 Å². The van der Waals surface area contributed by atoms with Crippen LogP contribution in [0.3, 0.4) is 0 Å². The summed E-state index contributed by atoms with van der Waals surface area (Å²) in [7, 11) is 0. The third-order valence-electron chi connectivity index (χ3n) is 8.66. The number of para-hydroxylation sites is 2. The van der Waals surface area contributed by atoms with Crippen LogP contribution in [0.2, 0.25) is 0 Å². The molecule has 0 aliphatic heterocycles. The molecule has 0 bridgehead atoms. The van der Waals surface area contributed by atoms with Gasteiger partial charge in [-0.2, -0.15) is 0 Å². The summed E-state index contributed by atoms with van der Waals surface area (Å²) in [6, 6.07) is 37.0. The topological polar surface area (TPSA) is 30.7 Å². The molecule has 0 atom stereocenters. The maximum absolute atomic E-state index is 5.35. The molecule has 7 rings (SSSR count). The Morgan fingerprint density at radius 2 is 1.23 bits per heavy atom.